The number of benzene rings is 2. The number of carbonyl (C=O) groups excluding carboxylic acids is 1. The summed E-state index contributed by atoms with van der Waals surface area (Å²) in [5.41, 5.74) is 5.04. The molecule has 0 atom stereocenters. The second-order valence-corrected chi connectivity index (χ2v) is 7.02. The third kappa shape index (κ3) is 3.28. The normalized spacial score (nSPS) is 12.2. The molecule has 1 aliphatic rings. The van der Waals surface area contributed by atoms with Crippen LogP contribution in [0.4, 0.5) is 0 Å². The molecule has 0 saturated carbocycles. The lowest BCUT2D eigenvalue weighted by molar-refractivity contribution is -0.142. The molecule has 0 aliphatic carbocycles. The molecule has 1 aliphatic heterocycles. The van der Waals surface area contributed by atoms with Gasteiger partial charge >= 0.3 is 5.97 Å². The summed E-state index contributed by atoms with van der Waals surface area (Å²) < 4.78 is 7.06. The maximum absolute atomic E-state index is 13.2. The van der Waals surface area contributed by atoms with Crippen molar-refractivity contribution >= 4 is 17.6 Å². The summed E-state index contributed by atoms with van der Waals surface area (Å²) in [5.74, 6) is -0.358. The first kappa shape index (κ1) is 17.6. The smallest absolute Gasteiger partial charge is 0.302 e. The maximum atomic E-state index is 13.2. The molecule has 2 aromatic carbocycles. The number of nitrogens with zero attached hydrogens (tertiary/aromatic N) is 1. The number of hydrogen-bond acceptors (Lipinski definition) is 3. The molecule has 1 aromatic heterocycles. The Kier molecular flexibility index (Phi) is 4.58. The van der Waals surface area contributed by atoms with Gasteiger partial charge in [0, 0.05) is 35.2 Å². The van der Waals surface area contributed by atoms with Gasteiger partial charge in [-0.15, -0.1) is 0 Å². The average Bonchev–Trinajstić information content (AvgIpc) is 2.67. The maximum Gasteiger partial charge on any atom is 0.302 e. The number of ether oxygens (including phenoxy) is 1. The minimum atomic E-state index is -0.358. The minimum absolute atomic E-state index is 0.0478. The molecule has 0 amide bonds. The van der Waals surface area contributed by atoms with Crippen molar-refractivity contribution in [3.05, 3.63) is 81.1 Å². The third-order valence-corrected chi connectivity index (χ3v) is 5.05. The number of esters is 1. The topological polar surface area (TPSA) is 48.3 Å². The van der Waals surface area contributed by atoms with E-state index in [1.165, 1.54) is 6.92 Å². The number of fused-ring (bicyclic) bond motifs is 3. The summed E-state index contributed by atoms with van der Waals surface area (Å²) in [7, 11) is 0. The first-order chi connectivity index (χ1) is 13.0. The highest BCUT2D eigenvalue weighted by Crippen LogP contribution is 2.35. The van der Waals surface area contributed by atoms with E-state index in [0.717, 1.165) is 34.4 Å². The highest BCUT2D eigenvalue weighted by atomic mass is 35.5. The number of hydrogen-bond donors (Lipinski definition) is 0. The van der Waals surface area contributed by atoms with E-state index in [4.69, 9.17) is 16.3 Å². The molecule has 4 nitrogen and oxygen atoms in total. The molecule has 2 heterocycles. The number of rotatable bonds is 3. The van der Waals surface area contributed by atoms with Gasteiger partial charge in [0.1, 0.15) is 6.61 Å². The van der Waals surface area contributed by atoms with Crippen molar-refractivity contribution in [3.63, 3.8) is 0 Å². The quantitative estimate of drug-likeness (QED) is 0.631. The van der Waals surface area contributed by atoms with Crippen molar-refractivity contribution in [2.45, 2.75) is 26.5 Å². The van der Waals surface area contributed by atoms with Crippen LogP contribution in [0.3, 0.4) is 0 Å². The molecular weight excluding hydrogens is 362 g/mol. The fourth-order valence-corrected chi connectivity index (χ4v) is 3.76. The molecule has 0 spiro atoms. The first-order valence-electron chi connectivity index (χ1n) is 8.79. The molecular formula is C22H18ClNO3. The Balaban J connectivity index is 1.98. The van der Waals surface area contributed by atoms with Gasteiger partial charge < -0.3 is 9.30 Å². The summed E-state index contributed by atoms with van der Waals surface area (Å²) in [6, 6.07) is 17.1. The summed E-state index contributed by atoms with van der Waals surface area (Å²) in [5, 5.41) is 0.611. The average molecular weight is 380 g/mol. The second kappa shape index (κ2) is 7.05. The lowest BCUT2D eigenvalue weighted by atomic mass is 9.92. The highest BCUT2D eigenvalue weighted by molar-refractivity contribution is 6.30. The number of aryl methyl sites for hydroxylation is 1. The van der Waals surface area contributed by atoms with Gasteiger partial charge in [0.05, 0.1) is 5.69 Å². The Labute approximate surface area is 162 Å². The predicted molar refractivity (Wildman–Crippen MR) is 106 cm³/mol. The van der Waals surface area contributed by atoms with Crippen LogP contribution in [-0.2, 0) is 29.1 Å². The van der Waals surface area contributed by atoms with E-state index in [1.54, 1.807) is 4.57 Å². The van der Waals surface area contributed by atoms with Crippen LogP contribution in [0.2, 0.25) is 5.02 Å². The standard InChI is InChI=1S/C22H18ClNO3/c1-14(25)27-13-17-11-20(15-5-3-2-4-6-15)22(26)24-10-9-16-7-8-18(23)12-19(16)21(17)24/h2-8,11-12H,9-10,13H2,1H3. The molecule has 27 heavy (non-hydrogen) atoms. The lowest BCUT2D eigenvalue weighted by Crippen LogP contribution is -2.29. The number of halogens is 1. The van der Waals surface area contributed by atoms with Gasteiger partial charge in [-0.2, -0.15) is 0 Å². The van der Waals surface area contributed by atoms with Crippen molar-refractivity contribution in [2.75, 3.05) is 0 Å². The molecule has 0 radical (unpaired) electrons. The first-order valence-corrected chi connectivity index (χ1v) is 9.16. The van der Waals surface area contributed by atoms with Gasteiger partial charge in [0.15, 0.2) is 0 Å². The SMILES string of the molecule is CC(=O)OCc1cc(-c2ccccc2)c(=O)n2c1-c1cc(Cl)ccc1CC2. The van der Waals surface area contributed by atoms with E-state index < -0.39 is 0 Å². The van der Waals surface area contributed by atoms with Crippen LogP contribution in [0.5, 0.6) is 0 Å². The predicted octanol–water partition coefficient (Wildman–Crippen LogP) is 4.45. The van der Waals surface area contributed by atoms with Crippen molar-refractivity contribution in [3.8, 4) is 22.4 Å². The fraction of sp³-hybridized carbons (Fsp3) is 0.182. The Morgan fingerprint density at radius 3 is 2.63 bits per heavy atom. The molecule has 4 rings (SSSR count). The van der Waals surface area contributed by atoms with Crippen molar-refractivity contribution < 1.29 is 9.53 Å². The molecule has 3 aromatic rings. The molecule has 0 unspecified atom stereocenters. The molecule has 0 fully saturated rings. The van der Waals surface area contributed by atoms with Crippen molar-refractivity contribution in [2.24, 2.45) is 0 Å². The van der Waals surface area contributed by atoms with E-state index in [2.05, 4.69) is 0 Å². The lowest BCUT2D eigenvalue weighted by Gasteiger charge is -2.25. The van der Waals surface area contributed by atoms with Gasteiger partial charge in [-0.05, 0) is 35.7 Å². The van der Waals surface area contributed by atoms with Crippen LogP contribution in [0.25, 0.3) is 22.4 Å². The summed E-state index contributed by atoms with van der Waals surface area (Å²) in [4.78, 5) is 24.6. The van der Waals surface area contributed by atoms with Gasteiger partial charge in [-0.1, -0.05) is 48.0 Å². The van der Waals surface area contributed by atoms with E-state index in [-0.39, 0.29) is 18.1 Å². The zero-order chi connectivity index (χ0) is 19.0. The van der Waals surface area contributed by atoms with Crippen LogP contribution >= 0.6 is 11.6 Å². The van der Waals surface area contributed by atoms with Crippen molar-refractivity contribution in [1.29, 1.82) is 0 Å². The number of carbonyl (C=O) groups is 1. The summed E-state index contributed by atoms with van der Waals surface area (Å²) in [6.45, 7) is 2.07. The molecule has 0 saturated heterocycles. The molecule has 5 heteroatoms. The fourth-order valence-electron chi connectivity index (χ4n) is 3.59. The van der Waals surface area contributed by atoms with Crippen LogP contribution in [0.15, 0.2) is 59.4 Å². The highest BCUT2D eigenvalue weighted by Gasteiger charge is 2.23. The van der Waals surface area contributed by atoms with Gasteiger partial charge in [0.2, 0.25) is 0 Å². The monoisotopic (exact) mass is 379 g/mol. The van der Waals surface area contributed by atoms with E-state index in [9.17, 15) is 9.59 Å². The van der Waals surface area contributed by atoms with Crippen molar-refractivity contribution in [1.82, 2.24) is 4.57 Å². The van der Waals surface area contributed by atoms with Crippen LogP contribution in [-0.4, -0.2) is 10.5 Å². The number of pyridine rings is 1. The Bertz CT molecular complexity index is 1090. The summed E-state index contributed by atoms with van der Waals surface area (Å²) >= 11 is 6.22. The third-order valence-electron chi connectivity index (χ3n) is 4.82. The summed E-state index contributed by atoms with van der Waals surface area (Å²) in [6.07, 6.45) is 0.755. The van der Waals surface area contributed by atoms with E-state index in [1.807, 2.05) is 54.6 Å². The van der Waals surface area contributed by atoms with E-state index in [0.29, 0.717) is 17.1 Å². The largest absolute Gasteiger partial charge is 0.461 e. The molecule has 136 valence electrons. The molecule has 0 N–H and O–H groups in total. The van der Waals surface area contributed by atoms with Crippen LogP contribution < -0.4 is 5.56 Å². The van der Waals surface area contributed by atoms with Gasteiger partial charge in [-0.3, -0.25) is 9.59 Å². The second-order valence-electron chi connectivity index (χ2n) is 6.59. The molecule has 0 bridgehead atoms. The van der Waals surface area contributed by atoms with Gasteiger partial charge in [0.25, 0.3) is 5.56 Å². The number of aromatic nitrogens is 1. The Morgan fingerprint density at radius 1 is 1.11 bits per heavy atom. The van der Waals surface area contributed by atoms with Gasteiger partial charge in [-0.25, -0.2) is 0 Å². The Morgan fingerprint density at radius 2 is 1.89 bits per heavy atom. The Hall–Kier alpha value is -2.85. The van der Waals surface area contributed by atoms with Crippen LogP contribution in [0, 0.1) is 0 Å². The minimum Gasteiger partial charge on any atom is -0.461 e. The van der Waals surface area contributed by atoms with Crippen LogP contribution in [0.1, 0.15) is 18.1 Å². The zero-order valence-corrected chi connectivity index (χ0v) is 15.6. The van der Waals surface area contributed by atoms with E-state index >= 15 is 0 Å². The zero-order valence-electron chi connectivity index (χ0n) is 14.9.